The molecule has 0 radical (unpaired) electrons. The molecule has 0 unspecified atom stereocenters. The Morgan fingerprint density at radius 3 is 2.71 bits per heavy atom. The van der Waals surface area contributed by atoms with Gasteiger partial charge in [-0.1, -0.05) is 25.3 Å². The fraction of sp³-hybridized carbons (Fsp3) is 0.750. The van der Waals surface area contributed by atoms with Crippen LogP contribution in [0.15, 0.2) is 12.7 Å². The number of carbonyl (C=O) groups is 1. The fourth-order valence-electron chi connectivity index (χ4n) is 1.78. The van der Waals surface area contributed by atoms with Crippen LogP contribution < -0.4 is 0 Å². The van der Waals surface area contributed by atoms with Gasteiger partial charge in [-0.25, -0.2) is 0 Å². The van der Waals surface area contributed by atoms with Crippen LogP contribution in [0, 0.1) is 0 Å². The Balaban J connectivity index is 2.06. The van der Waals surface area contributed by atoms with Gasteiger partial charge in [0, 0.05) is 6.42 Å². The van der Waals surface area contributed by atoms with Crippen LogP contribution in [0.2, 0.25) is 0 Å². The van der Waals surface area contributed by atoms with Crippen LogP contribution in [-0.4, -0.2) is 18.5 Å². The highest BCUT2D eigenvalue weighted by atomic mass is 16.5. The van der Waals surface area contributed by atoms with Gasteiger partial charge in [0.15, 0.2) is 5.78 Å². The maximum absolute atomic E-state index is 11.3. The first kappa shape index (κ1) is 11.4. The minimum atomic E-state index is 0.204. The largest absolute Gasteiger partial charge is 0.370 e. The van der Waals surface area contributed by atoms with E-state index in [2.05, 4.69) is 6.58 Å². The van der Waals surface area contributed by atoms with E-state index in [4.69, 9.17) is 4.74 Å². The molecule has 0 saturated heterocycles. The second-order valence-corrected chi connectivity index (χ2v) is 3.94. The smallest absolute Gasteiger partial charge is 0.158 e. The minimum Gasteiger partial charge on any atom is -0.370 e. The van der Waals surface area contributed by atoms with E-state index in [1.807, 2.05) is 0 Å². The maximum atomic E-state index is 11.3. The summed E-state index contributed by atoms with van der Waals surface area (Å²) in [6, 6.07) is 0. The number of hydrogen-bond acceptors (Lipinski definition) is 2. The molecule has 80 valence electrons. The predicted octanol–water partition coefficient (Wildman–Crippen LogP) is 2.87. The molecular formula is C12H20O2. The molecule has 1 aliphatic rings. The van der Waals surface area contributed by atoms with Crippen molar-refractivity contribution in [2.24, 2.45) is 0 Å². The van der Waals surface area contributed by atoms with E-state index in [-0.39, 0.29) is 5.78 Å². The van der Waals surface area contributed by atoms with Crippen molar-refractivity contribution in [3.05, 3.63) is 12.7 Å². The number of ether oxygens (including phenoxy) is 1. The summed E-state index contributed by atoms with van der Waals surface area (Å²) in [5, 5.41) is 0. The second-order valence-electron chi connectivity index (χ2n) is 3.94. The third-order valence-electron chi connectivity index (χ3n) is 2.66. The van der Waals surface area contributed by atoms with Crippen LogP contribution in [0.1, 0.15) is 44.9 Å². The summed E-state index contributed by atoms with van der Waals surface area (Å²) < 4.78 is 5.56. The van der Waals surface area contributed by atoms with Gasteiger partial charge in [-0.15, -0.1) is 6.58 Å². The summed E-state index contributed by atoms with van der Waals surface area (Å²) >= 11 is 0. The van der Waals surface area contributed by atoms with Crippen molar-refractivity contribution in [1.82, 2.24) is 0 Å². The van der Waals surface area contributed by atoms with Crippen LogP contribution in [0.5, 0.6) is 0 Å². The highest BCUT2D eigenvalue weighted by molar-refractivity contribution is 5.79. The van der Waals surface area contributed by atoms with Crippen molar-refractivity contribution >= 4 is 5.78 Å². The van der Waals surface area contributed by atoms with Gasteiger partial charge in [-0.05, 0) is 19.3 Å². The standard InChI is InChI=1S/C12H20O2/c1-2-3-7-11(13)10-14-12-8-5-4-6-9-12/h2,12H,1,3-10H2. The van der Waals surface area contributed by atoms with Gasteiger partial charge < -0.3 is 4.74 Å². The summed E-state index contributed by atoms with van der Waals surface area (Å²) in [5.74, 6) is 0.204. The molecule has 2 heteroatoms. The van der Waals surface area contributed by atoms with Crippen molar-refractivity contribution in [3.8, 4) is 0 Å². The van der Waals surface area contributed by atoms with Crippen molar-refractivity contribution in [2.45, 2.75) is 51.0 Å². The fourth-order valence-corrected chi connectivity index (χ4v) is 1.78. The molecule has 0 aliphatic heterocycles. The molecule has 0 amide bonds. The Morgan fingerprint density at radius 2 is 2.07 bits per heavy atom. The Hall–Kier alpha value is -0.630. The van der Waals surface area contributed by atoms with Crippen LogP contribution in [0.3, 0.4) is 0 Å². The average Bonchev–Trinajstić information content (AvgIpc) is 2.25. The van der Waals surface area contributed by atoms with E-state index >= 15 is 0 Å². The Labute approximate surface area is 86.3 Å². The van der Waals surface area contributed by atoms with Crippen LogP contribution in [0.4, 0.5) is 0 Å². The Kier molecular flexibility index (Phi) is 5.53. The molecule has 0 N–H and O–H groups in total. The minimum absolute atomic E-state index is 0.204. The lowest BCUT2D eigenvalue weighted by atomic mass is 9.98. The van der Waals surface area contributed by atoms with E-state index in [9.17, 15) is 4.79 Å². The van der Waals surface area contributed by atoms with Crippen molar-refractivity contribution in [1.29, 1.82) is 0 Å². The van der Waals surface area contributed by atoms with E-state index in [0.717, 1.165) is 19.3 Å². The molecular weight excluding hydrogens is 176 g/mol. The van der Waals surface area contributed by atoms with Crippen molar-refractivity contribution in [2.75, 3.05) is 6.61 Å². The molecule has 0 heterocycles. The monoisotopic (exact) mass is 196 g/mol. The topological polar surface area (TPSA) is 26.3 Å². The first-order chi connectivity index (χ1) is 6.83. The first-order valence-electron chi connectivity index (χ1n) is 5.57. The number of rotatable bonds is 6. The van der Waals surface area contributed by atoms with Crippen molar-refractivity contribution in [3.63, 3.8) is 0 Å². The highest BCUT2D eigenvalue weighted by Crippen LogP contribution is 2.20. The predicted molar refractivity (Wildman–Crippen MR) is 57.3 cm³/mol. The quantitative estimate of drug-likeness (QED) is 0.611. The van der Waals surface area contributed by atoms with E-state index in [1.54, 1.807) is 6.08 Å². The molecule has 1 aliphatic carbocycles. The average molecular weight is 196 g/mol. The molecule has 0 bridgehead atoms. The zero-order chi connectivity index (χ0) is 10.2. The maximum Gasteiger partial charge on any atom is 0.158 e. The van der Waals surface area contributed by atoms with Gasteiger partial charge in [0.2, 0.25) is 0 Å². The van der Waals surface area contributed by atoms with Gasteiger partial charge in [0.1, 0.15) is 6.61 Å². The molecule has 1 fully saturated rings. The molecule has 1 rings (SSSR count). The molecule has 0 aromatic carbocycles. The lowest BCUT2D eigenvalue weighted by Crippen LogP contribution is -2.20. The van der Waals surface area contributed by atoms with Crippen molar-refractivity contribution < 1.29 is 9.53 Å². The molecule has 0 aromatic rings. The normalized spacial score (nSPS) is 18.0. The summed E-state index contributed by atoms with van der Waals surface area (Å²) in [7, 11) is 0. The lowest BCUT2D eigenvalue weighted by molar-refractivity contribution is -0.126. The molecule has 0 spiro atoms. The van der Waals surface area contributed by atoms with Crippen LogP contribution >= 0.6 is 0 Å². The van der Waals surface area contributed by atoms with Gasteiger partial charge in [0.05, 0.1) is 6.10 Å². The first-order valence-corrected chi connectivity index (χ1v) is 5.57. The zero-order valence-electron chi connectivity index (χ0n) is 8.84. The van der Waals surface area contributed by atoms with Crippen LogP contribution in [-0.2, 0) is 9.53 Å². The van der Waals surface area contributed by atoms with Gasteiger partial charge in [0.25, 0.3) is 0 Å². The van der Waals surface area contributed by atoms with Crippen LogP contribution in [0.25, 0.3) is 0 Å². The Morgan fingerprint density at radius 1 is 1.36 bits per heavy atom. The molecule has 0 aromatic heterocycles. The third-order valence-corrected chi connectivity index (χ3v) is 2.66. The molecule has 14 heavy (non-hydrogen) atoms. The number of allylic oxidation sites excluding steroid dienone is 1. The highest BCUT2D eigenvalue weighted by Gasteiger charge is 2.14. The number of hydrogen-bond donors (Lipinski definition) is 0. The summed E-state index contributed by atoms with van der Waals surface area (Å²) in [6.45, 7) is 3.89. The number of ketones is 1. The third kappa shape index (κ3) is 4.56. The second kappa shape index (κ2) is 6.77. The van der Waals surface area contributed by atoms with E-state index in [0.29, 0.717) is 19.1 Å². The lowest BCUT2D eigenvalue weighted by Gasteiger charge is -2.21. The summed E-state index contributed by atoms with van der Waals surface area (Å²) in [6.07, 6.45) is 9.57. The number of Topliss-reactive ketones (excluding diaryl/α,β-unsaturated/α-hetero) is 1. The summed E-state index contributed by atoms with van der Waals surface area (Å²) in [4.78, 5) is 11.3. The van der Waals surface area contributed by atoms with Gasteiger partial charge in [-0.3, -0.25) is 4.79 Å². The van der Waals surface area contributed by atoms with Gasteiger partial charge >= 0.3 is 0 Å². The van der Waals surface area contributed by atoms with Gasteiger partial charge in [-0.2, -0.15) is 0 Å². The Bertz CT molecular complexity index is 181. The molecule has 1 saturated carbocycles. The molecule has 2 nitrogen and oxygen atoms in total. The molecule has 0 atom stereocenters. The van der Waals surface area contributed by atoms with E-state index in [1.165, 1.54) is 19.3 Å². The summed E-state index contributed by atoms with van der Waals surface area (Å²) in [5.41, 5.74) is 0. The SMILES string of the molecule is C=CCCC(=O)COC1CCCCC1. The van der Waals surface area contributed by atoms with E-state index < -0.39 is 0 Å². The zero-order valence-corrected chi connectivity index (χ0v) is 8.84. The number of carbonyl (C=O) groups excluding carboxylic acids is 1.